The molecule has 2 aliphatic heterocycles. The highest BCUT2D eigenvalue weighted by atomic mass is 16.2. The van der Waals surface area contributed by atoms with E-state index in [1.54, 1.807) is 18.5 Å². The SMILES string of the molecule is Cc1ccc(-c2cc(C(=O)N[C@@H](C)c3cnc(C)nc3)cc(C(=O)N3CCN4CCCC4C3)c2)cc1. The molecule has 1 N–H and O–H groups in total. The van der Waals surface area contributed by atoms with Crippen LogP contribution < -0.4 is 5.32 Å². The lowest BCUT2D eigenvalue weighted by atomic mass is 9.97. The highest BCUT2D eigenvalue weighted by molar-refractivity contribution is 6.01. The Bertz CT molecular complexity index is 1260. The smallest absolute Gasteiger partial charge is 0.253 e. The summed E-state index contributed by atoms with van der Waals surface area (Å²) in [6.45, 7) is 9.29. The van der Waals surface area contributed by atoms with Crippen molar-refractivity contribution in [3.63, 3.8) is 0 Å². The third-order valence-corrected chi connectivity index (χ3v) is 7.35. The molecular weight excluding hydrogens is 450 g/mol. The lowest BCUT2D eigenvalue weighted by Gasteiger charge is -2.37. The van der Waals surface area contributed by atoms with E-state index in [0.29, 0.717) is 23.0 Å². The molecule has 0 aliphatic carbocycles. The van der Waals surface area contributed by atoms with Crippen molar-refractivity contribution in [3.05, 3.63) is 82.9 Å². The summed E-state index contributed by atoms with van der Waals surface area (Å²) in [7, 11) is 0. The van der Waals surface area contributed by atoms with Gasteiger partial charge in [0, 0.05) is 54.8 Å². The van der Waals surface area contributed by atoms with Gasteiger partial charge in [-0.1, -0.05) is 29.8 Å². The van der Waals surface area contributed by atoms with Gasteiger partial charge in [-0.25, -0.2) is 9.97 Å². The number of carbonyl (C=O) groups excluding carboxylic acids is 2. The first-order chi connectivity index (χ1) is 17.4. The lowest BCUT2D eigenvalue weighted by molar-refractivity contribution is 0.0571. The third kappa shape index (κ3) is 5.16. The monoisotopic (exact) mass is 483 g/mol. The summed E-state index contributed by atoms with van der Waals surface area (Å²) >= 11 is 0. The van der Waals surface area contributed by atoms with Crippen LogP contribution in [0.4, 0.5) is 0 Å². The molecule has 3 heterocycles. The minimum absolute atomic E-state index is 0.00968. The van der Waals surface area contributed by atoms with E-state index in [-0.39, 0.29) is 17.9 Å². The Labute approximate surface area is 212 Å². The second-order valence-electron chi connectivity index (χ2n) is 10.0. The summed E-state index contributed by atoms with van der Waals surface area (Å²) < 4.78 is 0. The third-order valence-electron chi connectivity index (χ3n) is 7.35. The van der Waals surface area contributed by atoms with Gasteiger partial charge in [-0.2, -0.15) is 0 Å². The predicted octanol–water partition coefficient (Wildman–Crippen LogP) is 4.17. The number of hydrogen-bond donors (Lipinski definition) is 1. The summed E-state index contributed by atoms with van der Waals surface area (Å²) in [4.78, 5) is 39.9. The van der Waals surface area contributed by atoms with E-state index in [1.165, 1.54) is 6.42 Å². The number of nitrogens with one attached hydrogen (secondary N) is 1. The van der Waals surface area contributed by atoms with Crippen molar-refractivity contribution >= 4 is 11.8 Å². The number of amides is 2. The molecule has 2 amide bonds. The zero-order chi connectivity index (χ0) is 25.2. The molecule has 1 aromatic heterocycles. The fourth-order valence-electron chi connectivity index (χ4n) is 5.14. The normalized spacial score (nSPS) is 18.5. The van der Waals surface area contributed by atoms with E-state index in [4.69, 9.17) is 0 Å². The molecule has 2 aromatic carbocycles. The van der Waals surface area contributed by atoms with E-state index < -0.39 is 0 Å². The maximum absolute atomic E-state index is 13.6. The molecule has 1 unspecified atom stereocenters. The van der Waals surface area contributed by atoms with Crippen molar-refractivity contribution in [1.29, 1.82) is 0 Å². The molecule has 0 saturated carbocycles. The summed E-state index contributed by atoms with van der Waals surface area (Å²) in [5.41, 5.74) is 4.84. The zero-order valence-electron chi connectivity index (χ0n) is 21.2. The van der Waals surface area contributed by atoms with Crippen LogP contribution in [-0.4, -0.2) is 63.8 Å². The average molecular weight is 484 g/mol. The van der Waals surface area contributed by atoms with Crippen molar-refractivity contribution < 1.29 is 9.59 Å². The van der Waals surface area contributed by atoms with Crippen LogP contribution in [0.15, 0.2) is 54.9 Å². The predicted molar refractivity (Wildman–Crippen MR) is 140 cm³/mol. The first kappa shape index (κ1) is 24.1. The number of hydrogen-bond acceptors (Lipinski definition) is 5. The summed E-state index contributed by atoms with van der Waals surface area (Å²) in [6.07, 6.45) is 5.80. The summed E-state index contributed by atoms with van der Waals surface area (Å²) in [5.74, 6) is 0.445. The first-order valence-electron chi connectivity index (χ1n) is 12.7. The maximum atomic E-state index is 13.6. The number of aryl methyl sites for hydroxylation is 2. The van der Waals surface area contributed by atoms with Crippen LogP contribution in [0.2, 0.25) is 0 Å². The summed E-state index contributed by atoms with van der Waals surface area (Å²) in [6, 6.07) is 13.8. The largest absolute Gasteiger partial charge is 0.345 e. The second kappa shape index (κ2) is 10.2. The molecule has 2 aliphatic rings. The van der Waals surface area contributed by atoms with E-state index in [1.807, 2.05) is 62.1 Å². The molecule has 186 valence electrons. The average Bonchev–Trinajstić information content (AvgIpc) is 3.37. The van der Waals surface area contributed by atoms with Crippen molar-refractivity contribution in [2.45, 2.75) is 45.7 Å². The Morgan fingerprint density at radius 1 is 0.944 bits per heavy atom. The Hall–Kier alpha value is -3.58. The molecule has 0 radical (unpaired) electrons. The van der Waals surface area contributed by atoms with Gasteiger partial charge in [0.15, 0.2) is 0 Å². The number of aromatic nitrogens is 2. The highest BCUT2D eigenvalue weighted by Crippen LogP contribution is 2.27. The van der Waals surface area contributed by atoms with Gasteiger partial charge < -0.3 is 10.2 Å². The van der Waals surface area contributed by atoms with Crippen LogP contribution in [0, 0.1) is 13.8 Å². The van der Waals surface area contributed by atoms with Crippen molar-refractivity contribution in [2.24, 2.45) is 0 Å². The number of nitrogens with zero attached hydrogens (tertiary/aromatic N) is 4. The van der Waals surface area contributed by atoms with Crippen molar-refractivity contribution in [3.8, 4) is 11.1 Å². The standard InChI is InChI=1S/C29H33N5O2/c1-19-6-8-22(9-7-19)23-13-24(28(35)32-20(2)26-16-30-21(3)31-17-26)15-25(14-23)29(36)34-12-11-33-10-4-5-27(33)18-34/h6-9,13-17,20,27H,4-5,10-12,18H2,1-3H3,(H,32,35)/t20-,27?/m0/s1. The quantitative estimate of drug-likeness (QED) is 0.589. The van der Waals surface area contributed by atoms with Gasteiger partial charge in [-0.05, 0) is 69.5 Å². The molecule has 7 nitrogen and oxygen atoms in total. The number of rotatable bonds is 5. The molecular formula is C29H33N5O2. The van der Waals surface area contributed by atoms with Gasteiger partial charge in [0.25, 0.3) is 11.8 Å². The Morgan fingerprint density at radius 3 is 2.42 bits per heavy atom. The van der Waals surface area contributed by atoms with Crippen molar-refractivity contribution in [1.82, 2.24) is 25.1 Å². The number of piperazine rings is 1. The number of fused-ring (bicyclic) bond motifs is 1. The topological polar surface area (TPSA) is 78.4 Å². The van der Waals surface area contributed by atoms with E-state index in [2.05, 4.69) is 20.2 Å². The highest BCUT2D eigenvalue weighted by Gasteiger charge is 2.33. The minimum Gasteiger partial charge on any atom is -0.345 e. The van der Waals surface area contributed by atoms with E-state index in [0.717, 1.165) is 54.9 Å². The minimum atomic E-state index is -0.268. The maximum Gasteiger partial charge on any atom is 0.253 e. The molecule has 2 atom stereocenters. The molecule has 0 spiro atoms. The van der Waals surface area contributed by atoms with Gasteiger partial charge in [0.05, 0.1) is 6.04 Å². The molecule has 5 rings (SSSR count). The summed E-state index contributed by atoms with van der Waals surface area (Å²) in [5, 5.41) is 3.05. The number of carbonyl (C=O) groups is 2. The van der Waals surface area contributed by atoms with Crippen LogP contribution >= 0.6 is 0 Å². The molecule has 36 heavy (non-hydrogen) atoms. The fraction of sp³-hybridized carbons (Fsp3) is 0.379. The van der Waals surface area contributed by atoms with Gasteiger partial charge in [-0.3, -0.25) is 14.5 Å². The number of benzene rings is 2. The van der Waals surface area contributed by atoms with Crippen LogP contribution in [0.1, 0.15) is 63.5 Å². The molecule has 0 bridgehead atoms. The molecule has 7 heteroatoms. The molecule has 2 fully saturated rings. The Kier molecular flexibility index (Phi) is 6.83. The van der Waals surface area contributed by atoms with Gasteiger partial charge in [0.2, 0.25) is 0 Å². The van der Waals surface area contributed by atoms with E-state index >= 15 is 0 Å². The second-order valence-corrected chi connectivity index (χ2v) is 10.0. The molecule has 2 saturated heterocycles. The van der Waals surface area contributed by atoms with E-state index in [9.17, 15) is 9.59 Å². The van der Waals surface area contributed by atoms with Gasteiger partial charge in [-0.15, -0.1) is 0 Å². The zero-order valence-corrected chi connectivity index (χ0v) is 21.2. The Balaban J connectivity index is 1.44. The fourth-order valence-corrected chi connectivity index (χ4v) is 5.14. The van der Waals surface area contributed by atoms with Gasteiger partial charge in [0.1, 0.15) is 5.82 Å². The van der Waals surface area contributed by atoms with Crippen molar-refractivity contribution in [2.75, 3.05) is 26.2 Å². The van der Waals surface area contributed by atoms with Crippen LogP contribution in [0.3, 0.4) is 0 Å². The van der Waals surface area contributed by atoms with Gasteiger partial charge >= 0.3 is 0 Å². The van der Waals surface area contributed by atoms with Crippen LogP contribution in [0.25, 0.3) is 11.1 Å². The Morgan fingerprint density at radius 2 is 1.67 bits per heavy atom. The van der Waals surface area contributed by atoms with Crippen LogP contribution in [-0.2, 0) is 0 Å². The first-order valence-corrected chi connectivity index (χ1v) is 12.7. The molecule has 3 aromatic rings. The lowest BCUT2D eigenvalue weighted by Crippen LogP contribution is -2.52. The van der Waals surface area contributed by atoms with Crippen LogP contribution in [0.5, 0.6) is 0 Å².